The lowest BCUT2D eigenvalue weighted by atomic mass is 10.2. The molecule has 0 aliphatic carbocycles. The summed E-state index contributed by atoms with van der Waals surface area (Å²) in [5.41, 5.74) is 2.38. The molecule has 1 atom stereocenters. The second-order valence-corrected chi connectivity index (χ2v) is 7.21. The molecular formula is C19H18N4O2S. The van der Waals surface area contributed by atoms with E-state index in [0.717, 1.165) is 21.9 Å². The Morgan fingerprint density at radius 1 is 1.12 bits per heavy atom. The summed E-state index contributed by atoms with van der Waals surface area (Å²) in [7, 11) is 0. The summed E-state index contributed by atoms with van der Waals surface area (Å²) in [5, 5.41) is 1.32. The Hall–Kier alpha value is -2.80. The second-order valence-electron chi connectivity index (χ2n) is 5.88. The molecule has 7 heteroatoms. The van der Waals surface area contributed by atoms with Gasteiger partial charge in [-0.3, -0.25) is 4.79 Å². The van der Waals surface area contributed by atoms with Crippen LogP contribution in [0.15, 0.2) is 52.4 Å². The maximum atomic E-state index is 12.3. The monoisotopic (exact) mass is 366 g/mol. The van der Waals surface area contributed by atoms with Gasteiger partial charge >= 0.3 is 0 Å². The fourth-order valence-electron chi connectivity index (χ4n) is 2.80. The summed E-state index contributed by atoms with van der Waals surface area (Å²) in [4.78, 5) is 27.6. The van der Waals surface area contributed by atoms with E-state index in [1.807, 2.05) is 50.2 Å². The first kappa shape index (κ1) is 16.7. The van der Waals surface area contributed by atoms with Crippen LogP contribution in [0.2, 0.25) is 0 Å². The van der Waals surface area contributed by atoms with Gasteiger partial charge in [0.2, 0.25) is 0 Å². The number of fused-ring (bicyclic) bond motifs is 2. The van der Waals surface area contributed by atoms with Gasteiger partial charge in [0.15, 0.2) is 5.16 Å². The van der Waals surface area contributed by atoms with Gasteiger partial charge in [0.25, 0.3) is 5.56 Å². The van der Waals surface area contributed by atoms with Crippen molar-refractivity contribution < 1.29 is 4.74 Å². The molecule has 2 heterocycles. The highest BCUT2D eigenvalue weighted by Gasteiger charge is 2.15. The Morgan fingerprint density at radius 2 is 1.96 bits per heavy atom. The topological polar surface area (TPSA) is 83.7 Å². The maximum Gasteiger partial charge on any atom is 0.258 e. The predicted molar refractivity (Wildman–Crippen MR) is 104 cm³/mol. The number of aromatic nitrogens is 4. The first-order valence-electron chi connectivity index (χ1n) is 8.42. The number of rotatable bonds is 5. The molecular weight excluding hydrogens is 348 g/mol. The highest BCUT2D eigenvalue weighted by molar-refractivity contribution is 7.99. The van der Waals surface area contributed by atoms with E-state index in [9.17, 15) is 4.79 Å². The van der Waals surface area contributed by atoms with E-state index in [1.165, 1.54) is 11.8 Å². The molecule has 0 spiro atoms. The van der Waals surface area contributed by atoms with Gasteiger partial charge in [-0.2, -0.15) is 0 Å². The van der Waals surface area contributed by atoms with Crippen LogP contribution in [0.25, 0.3) is 21.9 Å². The first-order valence-corrected chi connectivity index (χ1v) is 9.30. The summed E-state index contributed by atoms with van der Waals surface area (Å²) < 4.78 is 5.52. The minimum Gasteiger partial charge on any atom is -0.494 e. The number of H-pyrrole nitrogens is 2. The van der Waals surface area contributed by atoms with Crippen molar-refractivity contribution in [3.63, 3.8) is 0 Å². The van der Waals surface area contributed by atoms with Crippen LogP contribution < -0.4 is 10.3 Å². The number of imidazole rings is 1. The summed E-state index contributed by atoms with van der Waals surface area (Å²) in [6, 6.07) is 13.1. The number of benzene rings is 2. The van der Waals surface area contributed by atoms with Crippen LogP contribution in [0.1, 0.15) is 24.9 Å². The molecule has 2 N–H and O–H groups in total. The van der Waals surface area contributed by atoms with E-state index < -0.39 is 0 Å². The van der Waals surface area contributed by atoms with E-state index >= 15 is 0 Å². The van der Waals surface area contributed by atoms with Crippen LogP contribution >= 0.6 is 11.8 Å². The molecule has 0 aliphatic heterocycles. The smallest absolute Gasteiger partial charge is 0.258 e. The number of hydrogen-bond donors (Lipinski definition) is 2. The van der Waals surface area contributed by atoms with Gasteiger partial charge in [0.05, 0.1) is 33.8 Å². The molecule has 132 valence electrons. The lowest BCUT2D eigenvalue weighted by molar-refractivity contribution is 0.340. The van der Waals surface area contributed by atoms with Crippen molar-refractivity contribution in [1.29, 1.82) is 0 Å². The average molecular weight is 366 g/mol. The Balaban J connectivity index is 1.62. The van der Waals surface area contributed by atoms with Gasteiger partial charge in [-0.15, -0.1) is 0 Å². The van der Waals surface area contributed by atoms with Crippen LogP contribution in [0.4, 0.5) is 0 Å². The third-order valence-corrected chi connectivity index (χ3v) is 5.04. The number of aromatic amines is 2. The summed E-state index contributed by atoms with van der Waals surface area (Å²) in [6.45, 7) is 4.58. The van der Waals surface area contributed by atoms with E-state index in [-0.39, 0.29) is 10.8 Å². The van der Waals surface area contributed by atoms with Gasteiger partial charge in [-0.25, -0.2) is 9.97 Å². The molecule has 0 saturated heterocycles. The lowest BCUT2D eigenvalue weighted by Crippen LogP contribution is -2.12. The minimum atomic E-state index is -0.121. The Bertz CT molecular complexity index is 1140. The molecule has 2 aromatic carbocycles. The molecule has 0 fully saturated rings. The highest BCUT2D eigenvalue weighted by atomic mass is 32.2. The quantitative estimate of drug-likeness (QED) is 0.521. The molecule has 4 rings (SSSR count). The van der Waals surface area contributed by atoms with Crippen LogP contribution in [-0.4, -0.2) is 26.5 Å². The molecule has 26 heavy (non-hydrogen) atoms. The summed E-state index contributed by atoms with van der Waals surface area (Å²) in [6.07, 6.45) is 0. The SMILES string of the molecule is CCOc1ccc2nc(S[C@H](C)c3nc4ccccc4c(=O)[nH]3)[nH]c2c1. The van der Waals surface area contributed by atoms with Gasteiger partial charge in [-0.1, -0.05) is 23.9 Å². The van der Waals surface area contributed by atoms with E-state index in [4.69, 9.17) is 4.74 Å². The zero-order valence-electron chi connectivity index (χ0n) is 14.4. The standard InChI is InChI=1S/C19H18N4O2S/c1-3-25-12-8-9-15-16(10-12)22-19(21-15)26-11(2)17-20-14-7-5-4-6-13(14)18(24)23-17/h4-11H,3H2,1-2H3,(H,21,22)(H,20,23,24)/t11-/m1/s1. The zero-order chi connectivity index (χ0) is 18.1. The van der Waals surface area contributed by atoms with Crippen molar-refractivity contribution in [1.82, 2.24) is 19.9 Å². The number of thioether (sulfide) groups is 1. The normalized spacial score (nSPS) is 12.5. The van der Waals surface area contributed by atoms with E-state index in [2.05, 4.69) is 19.9 Å². The van der Waals surface area contributed by atoms with Crippen molar-refractivity contribution in [3.05, 3.63) is 58.6 Å². The Kier molecular flexibility index (Phi) is 4.38. The third kappa shape index (κ3) is 3.17. The van der Waals surface area contributed by atoms with Crippen molar-refractivity contribution in [2.75, 3.05) is 6.61 Å². The first-order chi connectivity index (χ1) is 12.6. The predicted octanol–water partition coefficient (Wildman–Crippen LogP) is 4.05. The minimum absolute atomic E-state index is 0.0563. The average Bonchev–Trinajstić information content (AvgIpc) is 3.03. The van der Waals surface area contributed by atoms with Gasteiger partial charge in [0, 0.05) is 6.07 Å². The molecule has 0 unspecified atom stereocenters. The molecule has 0 amide bonds. The molecule has 0 saturated carbocycles. The molecule has 4 aromatic rings. The molecule has 0 radical (unpaired) electrons. The Labute approximate surface area is 154 Å². The summed E-state index contributed by atoms with van der Waals surface area (Å²) >= 11 is 1.52. The maximum absolute atomic E-state index is 12.3. The van der Waals surface area contributed by atoms with Crippen molar-refractivity contribution in [2.45, 2.75) is 24.3 Å². The molecule has 0 aliphatic rings. The Morgan fingerprint density at radius 3 is 2.81 bits per heavy atom. The summed E-state index contributed by atoms with van der Waals surface area (Å²) in [5.74, 6) is 1.45. The largest absolute Gasteiger partial charge is 0.494 e. The fourth-order valence-corrected chi connectivity index (χ4v) is 3.68. The van der Waals surface area contributed by atoms with Crippen molar-refractivity contribution in [3.8, 4) is 5.75 Å². The zero-order valence-corrected chi connectivity index (χ0v) is 15.3. The van der Waals surface area contributed by atoms with Crippen LogP contribution in [0.5, 0.6) is 5.75 Å². The number of nitrogens with one attached hydrogen (secondary N) is 2. The number of para-hydroxylation sites is 1. The molecule has 2 aromatic heterocycles. The lowest BCUT2D eigenvalue weighted by Gasteiger charge is -2.09. The van der Waals surface area contributed by atoms with Crippen molar-refractivity contribution >= 4 is 33.7 Å². The van der Waals surface area contributed by atoms with E-state index in [1.54, 1.807) is 6.07 Å². The molecule has 6 nitrogen and oxygen atoms in total. The van der Waals surface area contributed by atoms with Crippen LogP contribution in [0, 0.1) is 0 Å². The van der Waals surface area contributed by atoms with Gasteiger partial charge in [-0.05, 0) is 38.1 Å². The number of ether oxygens (including phenoxy) is 1. The third-order valence-electron chi connectivity index (χ3n) is 4.05. The van der Waals surface area contributed by atoms with Gasteiger partial charge < -0.3 is 14.7 Å². The number of nitrogens with zero attached hydrogens (tertiary/aromatic N) is 2. The fraction of sp³-hybridized carbons (Fsp3) is 0.211. The van der Waals surface area contributed by atoms with Crippen LogP contribution in [-0.2, 0) is 0 Å². The molecule has 0 bridgehead atoms. The highest BCUT2D eigenvalue weighted by Crippen LogP contribution is 2.33. The number of hydrogen-bond acceptors (Lipinski definition) is 5. The van der Waals surface area contributed by atoms with Gasteiger partial charge in [0.1, 0.15) is 11.6 Å². The van der Waals surface area contributed by atoms with Crippen molar-refractivity contribution in [2.24, 2.45) is 0 Å². The second kappa shape index (κ2) is 6.84. The van der Waals surface area contributed by atoms with Crippen LogP contribution in [0.3, 0.4) is 0 Å². The van der Waals surface area contributed by atoms with E-state index in [0.29, 0.717) is 23.3 Å².